The van der Waals surface area contributed by atoms with Crippen LogP contribution in [0.5, 0.6) is 0 Å². The Hall–Kier alpha value is -1.75. The number of thiazole rings is 1. The Kier molecular flexibility index (Phi) is 4.49. The molecule has 2 aromatic rings. The van der Waals surface area contributed by atoms with Gasteiger partial charge in [-0.05, 0) is 24.3 Å². The summed E-state index contributed by atoms with van der Waals surface area (Å²) in [6.45, 7) is 2.20. The highest BCUT2D eigenvalue weighted by Gasteiger charge is 2.16. The van der Waals surface area contributed by atoms with Gasteiger partial charge in [0.1, 0.15) is 0 Å². The predicted molar refractivity (Wildman–Crippen MR) is 76.9 cm³/mol. The molecule has 0 aliphatic rings. The van der Waals surface area contributed by atoms with Crippen LogP contribution in [0.4, 0.5) is 0 Å². The topological polar surface area (TPSA) is 82.9 Å². The zero-order valence-electron chi connectivity index (χ0n) is 10.8. The molecule has 1 aromatic carbocycles. The first-order valence-electron chi connectivity index (χ1n) is 5.92. The monoisotopic (exact) mass is 307 g/mol. The van der Waals surface area contributed by atoms with Crippen LogP contribution >= 0.6 is 11.3 Å². The van der Waals surface area contributed by atoms with Gasteiger partial charge in [-0.1, -0.05) is 6.92 Å². The number of nitrogens with zero attached hydrogens (tertiary/aromatic N) is 2. The fourth-order valence-corrected chi connectivity index (χ4v) is 3.42. The first-order chi connectivity index (χ1) is 9.53. The van der Waals surface area contributed by atoms with Gasteiger partial charge in [-0.25, -0.2) is 18.1 Å². The molecular weight excluding hydrogens is 294 g/mol. The molecule has 104 valence electrons. The maximum Gasteiger partial charge on any atom is 0.240 e. The number of hydrogen-bond acceptors (Lipinski definition) is 5. The second-order valence-electron chi connectivity index (χ2n) is 4.26. The highest BCUT2D eigenvalue weighted by atomic mass is 32.2. The van der Waals surface area contributed by atoms with Gasteiger partial charge in [-0.3, -0.25) is 0 Å². The Morgan fingerprint density at radius 1 is 1.40 bits per heavy atom. The van der Waals surface area contributed by atoms with E-state index in [1.165, 1.54) is 35.6 Å². The third kappa shape index (κ3) is 3.42. The summed E-state index contributed by atoms with van der Waals surface area (Å²) in [6, 6.07) is 7.77. The average molecular weight is 307 g/mol. The van der Waals surface area contributed by atoms with Crippen LogP contribution in [0.25, 0.3) is 0 Å². The van der Waals surface area contributed by atoms with Crippen LogP contribution in [-0.4, -0.2) is 19.9 Å². The SMILES string of the molecule is CC(CNS(=O)(=O)c1ccc(C#N)cc1)c1nccs1. The third-order valence-corrected chi connectivity index (χ3v) is 5.19. The summed E-state index contributed by atoms with van der Waals surface area (Å²) in [4.78, 5) is 4.32. The van der Waals surface area contributed by atoms with E-state index in [1.807, 2.05) is 18.4 Å². The summed E-state index contributed by atoms with van der Waals surface area (Å²) in [6.07, 6.45) is 1.70. The van der Waals surface area contributed by atoms with Crippen molar-refractivity contribution in [2.45, 2.75) is 17.7 Å². The number of nitriles is 1. The molecule has 1 unspecified atom stereocenters. The number of benzene rings is 1. The smallest absolute Gasteiger partial charge is 0.240 e. The van der Waals surface area contributed by atoms with Gasteiger partial charge in [0.2, 0.25) is 10.0 Å². The second kappa shape index (κ2) is 6.13. The molecule has 0 amide bonds. The van der Waals surface area contributed by atoms with Gasteiger partial charge in [0.05, 0.1) is 21.5 Å². The molecule has 1 heterocycles. The maximum atomic E-state index is 12.1. The molecule has 0 spiro atoms. The molecule has 1 aromatic heterocycles. The summed E-state index contributed by atoms with van der Waals surface area (Å²) < 4.78 is 26.7. The van der Waals surface area contributed by atoms with Crippen molar-refractivity contribution in [3.05, 3.63) is 46.4 Å². The largest absolute Gasteiger partial charge is 0.249 e. The van der Waals surface area contributed by atoms with E-state index in [1.54, 1.807) is 6.20 Å². The van der Waals surface area contributed by atoms with Crippen LogP contribution < -0.4 is 4.72 Å². The Labute approximate surface area is 122 Å². The molecule has 0 aliphatic heterocycles. The zero-order chi connectivity index (χ0) is 14.6. The number of aromatic nitrogens is 1. The summed E-state index contributed by atoms with van der Waals surface area (Å²) >= 11 is 1.50. The first-order valence-corrected chi connectivity index (χ1v) is 8.28. The lowest BCUT2D eigenvalue weighted by Crippen LogP contribution is -2.27. The molecule has 0 saturated heterocycles. The number of hydrogen-bond donors (Lipinski definition) is 1. The zero-order valence-corrected chi connectivity index (χ0v) is 12.4. The van der Waals surface area contributed by atoms with Crippen LogP contribution in [0.15, 0.2) is 40.7 Å². The molecule has 1 N–H and O–H groups in total. The van der Waals surface area contributed by atoms with Gasteiger partial charge in [-0.15, -0.1) is 11.3 Å². The highest BCUT2D eigenvalue weighted by molar-refractivity contribution is 7.89. The van der Waals surface area contributed by atoms with Crippen molar-refractivity contribution in [1.29, 1.82) is 5.26 Å². The van der Waals surface area contributed by atoms with Gasteiger partial charge >= 0.3 is 0 Å². The minimum atomic E-state index is -3.55. The van der Waals surface area contributed by atoms with Gasteiger partial charge in [0.15, 0.2) is 0 Å². The summed E-state index contributed by atoms with van der Waals surface area (Å²) in [5.41, 5.74) is 0.431. The van der Waals surface area contributed by atoms with Gasteiger partial charge in [-0.2, -0.15) is 5.26 Å². The van der Waals surface area contributed by atoms with E-state index in [9.17, 15) is 8.42 Å². The molecule has 2 rings (SSSR count). The number of sulfonamides is 1. The summed E-state index contributed by atoms with van der Waals surface area (Å²) in [5, 5.41) is 11.5. The van der Waals surface area contributed by atoms with Gasteiger partial charge in [0.25, 0.3) is 0 Å². The highest BCUT2D eigenvalue weighted by Crippen LogP contribution is 2.17. The third-order valence-electron chi connectivity index (χ3n) is 2.75. The average Bonchev–Trinajstić information content (AvgIpc) is 2.99. The molecular formula is C13H13N3O2S2. The van der Waals surface area contributed by atoms with Gasteiger partial charge in [0, 0.05) is 24.0 Å². The minimum Gasteiger partial charge on any atom is -0.249 e. The predicted octanol–water partition coefficient (Wildman–Crippen LogP) is 2.10. The Morgan fingerprint density at radius 3 is 2.65 bits per heavy atom. The van der Waals surface area contributed by atoms with Crippen molar-refractivity contribution in [2.75, 3.05) is 6.54 Å². The van der Waals surface area contributed by atoms with Gasteiger partial charge < -0.3 is 0 Å². The minimum absolute atomic E-state index is 0.0168. The van der Waals surface area contributed by atoms with Crippen molar-refractivity contribution in [1.82, 2.24) is 9.71 Å². The number of rotatable bonds is 5. The lowest BCUT2D eigenvalue weighted by Gasteiger charge is -2.10. The molecule has 0 saturated carbocycles. The van der Waals surface area contributed by atoms with E-state index >= 15 is 0 Å². The van der Waals surface area contributed by atoms with Crippen LogP contribution in [0.3, 0.4) is 0 Å². The van der Waals surface area contributed by atoms with Crippen LogP contribution in [0.2, 0.25) is 0 Å². The van der Waals surface area contributed by atoms with Crippen molar-refractivity contribution in [2.24, 2.45) is 0 Å². The van der Waals surface area contributed by atoms with Crippen LogP contribution in [-0.2, 0) is 10.0 Å². The molecule has 5 nitrogen and oxygen atoms in total. The van der Waals surface area contributed by atoms with Crippen molar-refractivity contribution in [3.63, 3.8) is 0 Å². The number of nitrogens with one attached hydrogen (secondary N) is 1. The normalized spacial score (nSPS) is 12.8. The van der Waals surface area contributed by atoms with E-state index < -0.39 is 10.0 Å². The summed E-state index contributed by atoms with van der Waals surface area (Å²) in [7, 11) is -3.55. The lowest BCUT2D eigenvalue weighted by atomic mass is 10.2. The standard InChI is InChI=1S/C13H13N3O2S2/c1-10(13-15-6-7-19-13)9-16-20(17,18)12-4-2-11(8-14)3-5-12/h2-7,10,16H,9H2,1H3. The molecule has 0 fully saturated rings. The van der Waals surface area contributed by atoms with Crippen LogP contribution in [0.1, 0.15) is 23.4 Å². The van der Waals surface area contributed by atoms with Crippen molar-refractivity contribution < 1.29 is 8.42 Å². The van der Waals surface area contributed by atoms with Crippen molar-refractivity contribution >= 4 is 21.4 Å². The molecule has 1 atom stereocenters. The van der Waals surface area contributed by atoms with E-state index in [-0.39, 0.29) is 17.4 Å². The molecule has 7 heteroatoms. The summed E-state index contributed by atoms with van der Waals surface area (Å²) in [5.74, 6) is 0.0168. The first kappa shape index (κ1) is 14.7. The molecule has 0 aliphatic carbocycles. The fourth-order valence-electron chi connectivity index (χ4n) is 1.59. The quantitative estimate of drug-likeness (QED) is 0.917. The fraction of sp³-hybridized carbons (Fsp3) is 0.231. The van der Waals surface area contributed by atoms with E-state index in [2.05, 4.69) is 9.71 Å². The molecule has 20 heavy (non-hydrogen) atoms. The Morgan fingerprint density at radius 2 is 2.10 bits per heavy atom. The Balaban J connectivity index is 2.05. The molecule has 0 bridgehead atoms. The Bertz CT molecular complexity index is 701. The van der Waals surface area contributed by atoms with Crippen LogP contribution in [0, 0.1) is 11.3 Å². The molecule has 0 radical (unpaired) electrons. The van der Waals surface area contributed by atoms with E-state index in [4.69, 9.17) is 5.26 Å². The van der Waals surface area contributed by atoms with E-state index in [0.29, 0.717) is 5.56 Å². The lowest BCUT2D eigenvalue weighted by molar-refractivity contribution is 0.574. The second-order valence-corrected chi connectivity index (χ2v) is 6.95. The van der Waals surface area contributed by atoms with E-state index in [0.717, 1.165) is 5.01 Å². The maximum absolute atomic E-state index is 12.1. The van der Waals surface area contributed by atoms with Crippen molar-refractivity contribution in [3.8, 4) is 6.07 Å².